The van der Waals surface area contributed by atoms with Crippen molar-refractivity contribution in [2.45, 2.75) is 18.7 Å². The first-order valence-electron chi connectivity index (χ1n) is 3.96. The fraction of sp³-hybridized carbons (Fsp3) is 0.500. The summed E-state index contributed by atoms with van der Waals surface area (Å²) in [5.41, 5.74) is 0.800. The quantitative estimate of drug-likeness (QED) is 0.338. The average Bonchev–Trinajstić information content (AvgIpc) is 2.05. The molecule has 2 aliphatic heterocycles. The van der Waals surface area contributed by atoms with Crippen LogP contribution >= 0.6 is 11.8 Å². The SMILES string of the molecule is CC1=C(C(=O)[O-])N2C(=O)CC2SC1.[Na+]. The van der Waals surface area contributed by atoms with E-state index in [9.17, 15) is 14.7 Å². The number of thioether (sulfide) groups is 1. The maximum Gasteiger partial charge on any atom is 1.00 e. The summed E-state index contributed by atoms with van der Waals surface area (Å²) in [5.74, 6) is -0.677. The van der Waals surface area contributed by atoms with Crippen LogP contribution < -0.4 is 34.7 Å². The Morgan fingerprint density at radius 3 is 2.71 bits per heavy atom. The Bertz CT molecular complexity index is 329. The van der Waals surface area contributed by atoms with E-state index >= 15 is 0 Å². The standard InChI is InChI=1S/C8H9NO3S.Na/c1-4-3-13-6-2-5(10)9(6)7(4)8(11)12;/h6H,2-3H2,1H3,(H,11,12);/q;+1/p-1. The van der Waals surface area contributed by atoms with Gasteiger partial charge in [0.25, 0.3) is 0 Å². The molecule has 0 spiro atoms. The second-order valence-electron chi connectivity index (χ2n) is 3.15. The molecular weight excluding hydrogens is 213 g/mol. The van der Waals surface area contributed by atoms with Gasteiger partial charge in [-0.05, 0) is 12.5 Å². The molecule has 2 rings (SSSR count). The number of nitrogens with zero attached hydrogens (tertiary/aromatic N) is 1. The van der Waals surface area contributed by atoms with Gasteiger partial charge < -0.3 is 9.90 Å². The number of hydrogen-bond donors (Lipinski definition) is 0. The minimum Gasteiger partial charge on any atom is -0.543 e. The van der Waals surface area contributed by atoms with Gasteiger partial charge in [0, 0.05) is 5.75 Å². The van der Waals surface area contributed by atoms with Crippen LogP contribution in [0, 0.1) is 0 Å². The van der Waals surface area contributed by atoms with Crippen molar-refractivity contribution in [2.24, 2.45) is 0 Å². The Balaban J connectivity index is 0.000000980. The monoisotopic (exact) mass is 221 g/mol. The van der Waals surface area contributed by atoms with Crippen molar-refractivity contribution in [1.82, 2.24) is 4.90 Å². The summed E-state index contributed by atoms with van der Waals surface area (Å²) in [7, 11) is 0. The predicted octanol–water partition coefficient (Wildman–Crippen LogP) is -3.68. The van der Waals surface area contributed by atoms with E-state index in [0.29, 0.717) is 17.7 Å². The zero-order chi connectivity index (χ0) is 9.59. The van der Waals surface area contributed by atoms with Crippen molar-refractivity contribution >= 4 is 23.6 Å². The van der Waals surface area contributed by atoms with Gasteiger partial charge in [-0.25, -0.2) is 0 Å². The zero-order valence-corrected chi connectivity index (χ0v) is 10.9. The molecular formula is C8H8NNaO3S. The number of amides is 1. The summed E-state index contributed by atoms with van der Waals surface area (Å²) in [6.07, 6.45) is 0.453. The molecule has 0 aromatic carbocycles. The summed E-state index contributed by atoms with van der Waals surface area (Å²) in [6, 6.07) is 0. The first kappa shape index (κ1) is 12.1. The van der Waals surface area contributed by atoms with E-state index in [-0.39, 0.29) is 46.5 Å². The molecule has 1 atom stereocenters. The smallest absolute Gasteiger partial charge is 0.543 e. The van der Waals surface area contributed by atoms with Gasteiger partial charge in [0.1, 0.15) is 0 Å². The fourth-order valence-corrected chi connectivity index (χ4v) is 2.77. The molecule has 1 amide bonds. The second kappa shape index (κ2) is 4.26. The van der Waals surface area contributed by atoms with Gasteiger partial charge in [-0.2, -0.15) is 0 Å². The van der Waals surface area contributed by atoms with E-state index in [1.165, 1.54) is 4.90 Å². The van der Waals surface area contributed by atoms with Gasteiger partial charge in [-0.15, -0.1) is 11.8 Å². The molecule has 4 nitrogen and oxygen atoms in total. The van der Waals surface area contributed by atoms with Crippen LogP contribution in [0.3, 0.4) is 0 Å². The van der Waals surface area contributed by atoms with Gasteiger partial charge in [-0.3, -0.25) is 9.69 Å². The third-order valence-electron chi connectivity index (χ3n) is 2.24. The van der Waals surface area contributed by atoms with Crippen LogP contribution in [0.5, 0.6) is 0 Å². The van der Waals surface area contributed by atoms with E-state index in [2.05, 4.69) is 0 Å². The van der Waals surface area contributed by atoms with E-state index in [4.69, 9.17) is 0 Å². The molecule has 2 aliphatic rings. The van der Waals surface area contributed by atoms with Crippen molar-refractivity contribution in [3.63, 3.8) is 0 Å². The normalized spacial score (nSPS) is 25.1. The van der Waals surface area contributed by atoms with Crippen LogP contribution in [0.2, 0.25) is 0 Å². The summed E-state index contributed by atoms with van der Waals surface area (Å²) in [6.45, 7) is 1.72. The number of carbonyl (C=O) groups is 2. The molecule has 14 heavy (non-hydrogen) atoms. The van der Waals surface area contributed by atoms with E-state index in [0.717, 1.165) is 0 Å². The maximum atomic E-state index is 11.1. The van der Waals surface area contributed by atoms with Crippen molar-refractivity contribution in [3.8, 4) is 0 Å². The van der Waals surface area contributed by atoms with Crippen LogP contribution in [0.15, 0.2) is 11.3 Å². The minimum atomic E-state index is -1.24. The van der Waals surface area contributed by atoms with Gasteiger partial charge in [-0.1, -0.05) is 0 Å². The largest absolute Gasteiger partial charge is 1.00 e. The maximum absolute atomic E-state index is 11.1. The van der Waals surface area contributed by atoms with Crippen molar-refractivity contribution in [1.29, 1.82) is 0 Å². The van der Waals surface area contributed by atoms with Crippen molar-refractivity contribution in [2.75, 3.05) is 5.75 Å². The van der Waals surface area contributed by atoms with Crippen LogP contribution in [0.25, 0.3) is 0 Å². The molecule has 0 aromatic rings. The van der Waals surface area contributed by atoms with E-state index in [1.807, 2.05) is 0 Å². The average molecular weight is 221 g/mol. The first-order valence-corrected chi connectivity index (χ1v) is 5.01. The molecule has 0 aliphatic carbocycles. The van der Waals surface area contributed by atoms with Crippen molar-refractivity contribution < 1.29 is 44.3 Å². The Kier molecular flexibility index (Phi) is 3.69. The number of rotatable bonds is 1. The Morgan fingerprint density at radius 1 is 1.64 bits per heavy atom. The van der Waals surface area contributed by atoms with Gasteiger partial charge in [0.05, 0.1) is 23.5 Å². The predicted molar refractivity (Wildman–Crippen MR) is 45.4 cm³/mol. The molecule has 0 saturated carbocycles. The molecule has 0 aromatic heterocycles. The third-order valence-corrected chi connectivity index (χ3v) is 3.60. The summed E-state index contributed by atoms with van der Waals surface area (Å²) in [5, 5.41) is 10.8. The summed E-state index contributed by atoms with van der Waals surface area (Å²) < 4.78 is 0. The molecule has 1 saturated heterocycles. The number of carbonyl (C=O) groups excluding carboxylic acids is 2. The number of carboxylic acids is 1. The van der Waals surface area contributed by atoms with Crippen molar-refractivity contribution in [3.05, 3.63) is 11.3 Å². The number of carboxylic acid groups (broad SMARTS) is 1. The minimum absolute atomic E-state index is 0. The number of β-lactam (4-membered cyclic amide) rings is 1. The van der Waals surface area contributed by atoms with Crippen LogP contribution in [0.4, 0.5) is 0 Å². The summed E-state index contributed by atoms with van der Waals surface area (Å²) in [4.78, 5) is 23.2. The molecule has 1 unspecified atom stereocenters. The topological polar surface area (TPSA) is 60.4 Å². The molecule has 2 heterocycles. The molecule has 0 N–H and O–H groups in total. The second-order valence-corrected chi connectivity index (χ2v) is 4.32. The van der Waals surface area contributed by atoms with Gasteiger partial charge >= 0.3 is 29.6 Å². The Hall–Kier alpha value is 0.0300. The Morgan fingerprint density at radius 2 is 2.29 bits per heavy atom. The number of aliphatic carboxylic acids is 1. The summed E-state index contributed by atoms with van der Waals surface area (Å²) >= 11 is 1.60. The van der Waals surface area contributed by atoms with Crippen LogP contribution in [-0.4, -0.2) is 27.9 Å². The molecule has 6 heteroatoms. The van der Waals surface area contributed by atoms with Crippen LogP contribution in [-0.2, 0) is 9.59 Å². The number of fused-ring (bicyclic) bond motifs is 1. The van der Waals surface area contributed by atoms with Gasteiger partial charge in [0.2, 0.25) is 5.91 Å². The molecule has 1 fully saturated rings. The zero-order valence-electron chi connectivity index (χ0n) is 8.07. The fourth-order valence-electron chi connectivity index (χ4n) is 1.56. The molecule has 0 bridgehead atoms. The van der Waals surface area contributed by atoms with E-state index < -0.39 is 5.97 Å². The van der Waals surface area contributed by atoms with Crippen LogP contribution in [0.1, 0.15) is 13.3 Å². The Labute approximate surface area is 108 Å². The van der Waals surface area contributed by atoms with E-state index in [1.54, 1.807) is 18.7 Å². The molecule has 0 radical (unpaired) electrons. The first-order chi connectivity index (χ1) is 6.11. The van der Waals surface area contributed by atoms with Gasteiger partial charge in [0.15, 0.2) is 0 Å². The molecule has 70 valence electrons. The third kappa shape index (κ3) is 1.74. The number of hydrogen-bond acceptors (Lipinski definition) is 4.